The zero-order chi connectivity index (χ0) is 16.7. The van der Waals surface area contributed by atoms with Gasteiger partial charge in [-0.05, 0) is 34.1 Å². The molecule has 0 saturated heterocycles. The molecule has 3 aromatic rings. The third kappa shape index (κ3) is 2.45. The van der Waals surface area contributed by atoms with Gasteiger partial charge in [0, 0.05) is 41.0 Å². The summed E-state index contributed by atoms with van der Waals surface area (Å²) < 4.78 is 8.36. The monoisotopic (exact) mass is 385 g/mol. The second-order valence-electron chi connectivity index (χ2n) is 5.77. The zero-order valence-electron chi connectivity index (χ0n) is 13.3. The van der Waals surface area contributed by atoms with E-state index in [1.807, 2.05) is 24.3 Å². The summed E-state index contributed by atoms with van der Waals surface area (Å²) in [6.45, 7) is 2.93. The fourth-order valence-corrected chi connectivity index (χ4v) is 3.27. The number of halogens is 1. The number of ether oxygens (including phenoxy) is 1. The normalized spacial score (nSPS) is 15.9. The van der Waals surface area contributed by atoms with E-state index in [9.17, 15) is 0 Å². The highest BCUT2D eigenvalue weighted by Gasteiger charge is 2.25. The zero-order valence-corrected chi connectivity index (χ0v) is 14.9. The maximum absolute atomic E-state index is 5.35. The number of rotatable bonds is 2. The molecule has 0 radical (unpaired) electrons. The second-order valence-corrected chi connectivity index (χ2v) is 6.69. The van der Waals surface area contributed by atoms with Crippen LogP contribution in [0.5, 0.6) is 5.75 Å². The van der Waals surface area contributed by atoms with E-state index in [4.69, 9.17) is 4.74 Å². The lowest BCUT2D eigenvalue weighted by atomic mass is 10.1. The molecule has 7 heteroatoms. The van der Waals surface area contributed by atoms with Crippen LogP contribution < -0.4 is 10.1 Å². The summed E-state index contributed by atoms with van der Waals surface area (Å²) in [4.78, 5) is 4.25. The molecule has 1 aliphatic rings. The van der Waals surface area contributed by atoms with Crippen molar-refractivity contribution < 1.29 is 4.74 Å². The van der Waals surface area contributed by atoms with Crippen molar-refractivity contribution >= 4 is 21.6 Å². The van der Waals surface area contributed by atoms with E-state index in [0.717, 1.165) is 45.4 Å². The summed E-state index contributed by atoms with van der Waals surface area (Å²) in [5.74, 6) is 2.75. The number of benzene rings is 1. The van der Waals surface area contributed by atoms with E-state index in [2.05, 4.69) is 47.9 Å². The van der Waals surface area contributed by atoms with Gasteiger partial charge in [0.1, 0.15) is 11.6 Å². The molecule has 1 aromatic carbocycles. The van der Waals surface area contributed by atoms with Gasteiger partial charge in [0.25, 0.3) is 0 Å². The van der Waals surface area contributed by atoms with E-state index in [0.29, 0.717) is 0 Å². The Morgan fingerprint density at radius 1 is 1.25 bits per heavy atom. The molecule has 0 spiro atoms. The van der Waals surface area contributed by atoms with Crippen molar-refractivity contribution in [2.75, 3.05) is 19.0 Å². The number of nitrogens with one attached hydrogen (secondary N) is 1. The SMILES string of the molecule is COc1ccc2c(c1)NCC(C)c1nnc(-c3cncc(Br)c3)n1-2. The Kier molecular flexibility index (Phi) is 3.72. The third-order valence-electron chi connectivity index (χ3n) is 4.14. The van der Waals surface area contributed by atoms with Crippen molar-refractivity contribution in [2.24, 2.45) is 0 Å². The van der Waals surface area contributed by atoms with Gasteiger partial charge >= 0.3 is 0 Å². The van der Waals surface area contributed by atoms with E-state index in [1.165, 1.54) is 0 Å². The van der Waals surface area contributed by atoms with Crippen molar-refractivity contribution in [3.8, 4) is 22.8 Å². The maximum Gasteiger partial charge on any atom is 0.170 e. The van der Waals surface area contributed by atoms with E-state index in [-0.39, 0.29) is 5.92 Å². The van der Waals surface area contributed by atoms with Crippen molar-refractivity contribution in [3.05, 3.63) is 47.0 Å². The van der Waals surface area contributed by atoms with E-state index < -0.39 is 0 Å². The highest BCUT2D eigenvalue weighted by atomic mass is 79.9. The number of pyridine rings is 1. The van der Waals surface area contributed by atoms with Crippen LogP contribution in [-0.2, 0) is 0 Å². The smallest absolute Gasteiger partial charge is 0.170 e. The third-order valence-corrected chi connectivity index (χ3v) is 4.57. The fourth-order valence-electron chi connectivity index (χ4n) is 2.91. The lowest BCUT2D eigenvalue weighted by Crippen LogP contribution is -2.09. The molecular weight excluding hydrogens is 370 g/mol. The van der Waals surface area contributed by atoms with Gasteiger partial charge < -0.3 is 10.1 Å². The molecule has 0 aliphatic carbocycles. The van der Waals surface area contributed by atoms with Gasteiger partial charge in [0.2, 0.25) is 0 Å². The molecule has 1 N–H and O–H groups in total. The first kappa shape index (κ1) is 15.1. The Morgan fingerprint density at radius 2 is 2.12 bits per heavy atom. The number of aromatic nitrogens is 4. The Bertz CT molecular complexity index is 908. The summed E-state index contributed by atoms with van der Waals surface area (Å²) in [6, 6.07) is 7.97. The van der Waals surface area contributed by atoms with Crippen LogP contribution in [0, 0.1) is 0 Å². The van der Waals surface area contributed by atoms with Gasteiger partial charge in [-0.15, -0.1) is 10.2 Å². The molecule has 4 rings (SSSR count). The van der Waals surface area contributed by atoms with Crippen LogP contribution in [0.3, 0.4) is 0 Å². The molecule has 122 valence electrons. The summed E-state index contributed by atoms with van der Waals surface area (Å²) in [5, 5.41) is 12.4. The number of hydrogen-bond donors (Lipinski definition) is 1. The van der Waals surface area contributed by atoms with Crippen LogP contribution in [0.15, 0.2) is 41.1 Å². The molecule has 1 unspecified atom stereocenters. The molecule has 1 aliphatic heterocycles. The lowest BCUT2D eigenvalue weighted by Gasteiger charge is -2.13. The summed E-state index contributed by atoms with van der Waals surface area (Å²) >= 11 is 3.47. The summed E-state index contributed by atoms with van der Waals surface area (Å²) in [5.41, 5.74) is 2.93. The Hall–Kier alpha value is -2.41. The minimum atomic E-state index is 0.227. The average Bonchev–Trinajstić information content (AvgIpc) is 2.99. The lowest BCUT2D eigenvalue weighted by molar-refractivity contribution is 0.415. The Labute approximate surface area is 148 Å². The number of anilines is 1. The Balaban J connectivity index is 1.96. The summed E-state index contributed by atoms with van der Waals surface area (Å²) in [7, 11) is 1.67. The van der Waals surface area contributed by atoms with Gasteiger partial charge in [-0.25, -0.2) is 0 Å². The van der Waals surface area contributed by atoms with Gasteiger partial charge in [0.15, 0.2) is 5.82 Å². The molecule has 0 amide bonds. The molecule has 0 bridgehead atoms. The van der Waals surface area contributed by atoms with Crippen LogP contribution in [0.1, 0.15) is 18.7 Å². The van der Waals surface area contributed by atoms with Crippen molar-refractivity contribution in [2.45, 2.75) is 12.8 Å². The number of methoxy groups -OCH3 is 1. The molecule has 6 nitrogen and oxygen atoms in total. The Morgan fingerprint density at radius 3 is 2.92 bits per heavy atom. The summed E-state index contributed by atoms with van der Waals surface area (Å²) in [6.07, 6.45) is 3.56. The highest BCUT2D eigenvalue weighted by molar-refractivity contribution is 9.10. The number of fused-ring (bicyclic) bond motifs is 3. The first-order valence-electron chi connectivity index (χ1n) is 7.66. The van der Waals surface area contributed by atoms with Gasteiger partial charge in [-0.3, -0.25) is 9.55 Å². The van der Waals surface area contributed by atoms with E-state index >= 15 is 0 Å². The quantitative estimate of drug-likeness (QED) is 0.729. The van der Waals surface area contributed by atoms with Gasteiger partial charge in [0.05, 0.1) is 18.5 Å². The fraction of sp³-hybridized carbons (Fsp3) is 0.235. The van der Waals surface area contributed by atoms with Crippen LogP contribution in [0.25, 0.3) is 17.1 Å². The number of hydrogen-bond acceptors (Lipinski definition) is 5. The van der Waals surface area contributed by atoms with Crippen LogP contribution >= 0.6 is 15.9 Å². The standard InChI is InChI=1S/C17H16BrN5O/c1-10-7-20-14-6-13(24-2)3-4-15(14)23-16(10)21-22-17(23)11-5-12(18)9-19-8-11/h3-6,8-10,20H,7H2,1-2H3. The minimum Gasteiger partial charge on any atom is -0.497 e. The van der Waals surface area contributed by atoms with Crippen molar-refractivity contribution in [3.63, 3.8) is 0 Å². The number of nitrogens with zero attached hydrogens (tertiary/aromatic N) is 4. The molecular formula is C17H16BrN5O. The van der Waals surface area contributed by atoms with Gasteiger partial charge in [-0.2, -0.15) is 0 Å². The first-order valence-corrected chi connectivity index (χ1v) is 8.45. The molecule has 0 fully saturated rings. The highest BCUT2D eigenvalue weighted by Crippen LogP contribution is 2.35. The van der Waals surface area contributed by atoms with Crippen LogP contribution in [0.2, 0.25) is 0 Å². The predicted octanol–water partition coefficient (Wildman–Crippen LogP) is 3.63. The first-order chi connectivity index (χ1) is 11.7. The molecule has 0 saturated carbocycles. The largest absolute Gasteiger partial charge is 0.497 e. The van der Waals surface area contributed by atoms with Crippen molar-refractivity contribution in [1.82, 2.24) is 19.7 Å². The molecule has 2 aromatic heterocycles. The van der Waals surface area contributed by atoms with Crippen molar-refractivity contribution in [1.29, 1.82) is 0 Å². The van der Waals surface area contributed by atoms with Gasteiger partial charge in [-0.1, -0.05) is 6.92 Å². The van der Waals surface area contributed by atoms with Crippen LogP contribution in [0.4, 0.5) is 5.69 Å². The minimum absolute atomic E-state index is 0.227. The second kappa shape index (κ2) is 5.90. The average molecular weight is 386 g/mol. The molecule has 24 heavy (non-hydrogen) atoms. The molecule has 3 heterocycles. The maximum atomic E-state index is 5.35. The molecule has 1 atom stereocenters. The topological polar surface area (TPSA) is 64.9 Å². The van der Waals surface area contributed by atoms with E-state index in [1.54, 1.807) is 19.5 Å². The van der Waals surface area contributed by atoms with Crippen LogP contribution in [-0.4, -0.2) is 33.4 Å². The predicted molar refractivity (Wildman–Crippen MR) is 95.7 cm³/mol.